The third-order valence-corrected chi connectivity index (χ3v) is 5.59. The normalized spacial score (nSPS) is 29.0. The van der Waals surface area contributed by atoms with E-state index in [-0.39, 0.29) is 33.7 Å². The lowest BCUT2D eigenvalue weighted by atomic mass is 9.95. The van der Waals surface area contributed by atoms with Crippen LogP contribution in [0.3, 0.4) is 0 Å². The second-order valence-electron chi connectivity index (χ2n) is 7.11. The minimum absolute atomic E-state index is 0.0349. The van der Waals surface area contributed by atoms with E-state index in [0.717, 1.165) is 31.4 Å². The molecule has 3 rings (SSSR count). The van der Waals surface area contributed by atoms with E-state index in [0.29, 0.717) is 0 Å². The van der Waals surface area contributed by atoms with Crippen LogP contribution in [0.4, 0.5) is 0 Å². The predicted molar refractivity (Wildman–Crippen MR) is 93.1 cm³/mol. The van der Waals surface area contributed by atoms with Crippen LogP contribution >= 0.6 is 23.2 Å². The smallest absolute Gasteiger partial charge is 0.227 e. The first kappa shape index (κ1) is 16.8. The summed E-state index contributed by atoms with van der Waals surface area (Å²) in [5, 5.41) is 0. The van der Waals surface area contributed by atoms with Crippen LogP contribution in [-0.4, -0.2) is 22.3 Å². The van der Waals surface area contributed by atoms with Gasteiger partial charge in [-0.25, -0.2) is 0 Å². The molecule has 5 heteroatoms. The zero-order chi connectivity index (χ0) is 16.6. The molecule has 2 aliphatic rings. The Labute approximate surface area is 147 Å². The van der Waals surface area contributed by atoms with E-state index in [4.69, 9.17) is 23.2 Å². The average Bonchev–Trinajstić information content (AvgIpc) is 3.07. The molecule has 3 atom stereocenters. The van der Waals surface area contributed by atoms with Gasteiger partial charge in [-0.3, -0.25) is 9.78 Å². The first-order chi connectivity index (χ1) is 10.9. The molecule has 124 valence electrons. The van der Waals surface area contributed by atoms with Gasteiger partial charge in [-0.2, -0.15) is 0 Å². The van der Waals surface area contributed by atoms with Crippen LogP contribution in [0.25, 0.3) is 0 Å². The molecular formula is C18H22Cl2N2O. The lowest BCUT2D eigenvalue weighted by Gasteiger charge is -2.36. The quantitative estimate of drug-likeness (QED) is 0.787. The van der Waals surface area contributed by atoms with E-state index in [2.05, 4.69) is 24.9 Å². The minimum Gasteiger partial charge on any atom is -0.335 e. The second-order valence-corrected chi connectivity index (χ2v) is 8.12. The van der Waals surface area contributed by atoms with Crippen LogP contribution in [-0.2, 0) is 4.79 Å². The fraction of sp³-hybridized carbons (Fsp3) is 0.556. The maximum Gasteiger partial charge on any atom is 0.227 e. The van der Waals surface area contributed by atoms with Gasteiger partial charge in [0.15, 0.2) is 0 Å². The van der Waals surface area contributed by atoms with Gasteiger partial charge in [0.1, 0.15) is 4.49 Å². The summed E-state index contributed by atoms with van der Waals surface area (Å²) >= 11 is 11.6. The molecule has 0 bridgehead atoms. The molecule has 1 aromatic rings. The standard InChI is InChI=1S/C18H22Cl2N2O/c1-18(2)13(10-15(19)20)16(18)17(23)22-9-4-3-7-14(22)12-6-5-8-21-11-12/h5-6,8,10-11,13-14,16H,3-4,7,9H2,1-2H3/t13-,14-,16+/m1/s1. The monoisotopic (exact) mass is 352 g/mol. The van der Waals surface area contributed by atoms with Gasteiger partial charge in [0.25, 0.3) is 0 Å². The van der Waals surface area contributed by atoms with Gasteiger partial charge >= 0.3 is 0 Å². The van der Waals surface area contributed by atoms with E-state index in [1.54, 1.807) is 6.20 Å². The Morgan fingerprint density at radius 2 is 2.17 bits per heavy atom. The summed E-state index contributed by atoms with van der Waals surface area (Å²) in [4.78, 5) is 19.4. The summed E-state index contributed by atoms with van der Waals surface area (Å²) in [5.74, 6) is 0.308. The molecule has 2 fully saturated rings. The number of rotatable bonds is 3. The van der Waals surface area contributed by atoms with Gasteiger partial charge in [-0.15, -0.1) is 0 Å². The lowest BCUT2D eigenvalue weighted by Crippen LogP contribution is -2.40. The van der Waals surface area contributed by atoms with Gasteiger partial charge in [-0.05, 0) is 48.3 Å². The van der Waals surface area contributed by atoms with Crippen LogP contribution in [0, 0.1) is 17.3 Å². The Bertz CT molecular complexity index is 611. The third kappa shape index (κ3) is 3.27. The van der Waals surface area contributed by atoms with Crippen LogP contribution in [0.15, 0.2) is 35.1 Å². The van der Waals surface area contributed by atoms with Crippen molar-refractivity contribution in [3.05, 3.63) is 40.7 Å². The molecule has 1 aromatic heterocycles. The van der Waals surface area contributed by atoms with Crippen molar-refractivity contribution < 1.29 is 4.79 Å². The van der Waals surface area contributed by atoms with Gasteiger partial charge < -0.3 is 4.90 Å². The number of hydrogen-bond donors (Lipinski definition) is 0. The number of allylic oxidation sites excluding steroid dienone is 1. The molecular weight excluding hydrogens is 331 g/mol. The molecule has 0 N–H and O–H groups in total. The number of carbonyl (C=O) groups is 1. The fourth-order valence-corrected chi connectivity index (χ4v) is 4.16. The predicted octanol–water partition coefficient (Wildman–Crippen LogP) is 4.73. The fourth-order valence-electron chi connectivity index (χ4n) is 3.89. The van der Waals surface area contributed by atoms with Crippen molar-refractivity contribution in [3.63, 3.8) is 0 Å². The average molecular weight is 353 g/mol. The molecule has 1 saturated carbocycles. The van der Waals surface area contributed by atoms with Crippen molar-refractivity contribution in [1.29, 1.82) is 0 Å². The number of hydrogen-bond acceptors (Lipinski definition) is 2. The molecule has 2 heterocycles. The number of halogens is 2. The Kier molecular flexibility index (Phi) is 4.70. The summed E-state index contributed by atoms with van der Waals surface area (Å²) in [6.07, 6.45) is 8.67. The highest BCUT2D eigenvalue weighted by Gasteiger charge is 2.62. The molecule has 1 aliphatic carbocycles. The van der Waals surface area contributed by atoms with Gasteiger partial charge in [-0.1, -0.05) is 43.1 Å². The Morgan fingerprint density at radius 3 is 2.83 bits per heavy atom. The van der Waals surface area contributed by atoms with E-state index < -0.39 is 0 Å². The second kappa shape index (κ2) is 6.45. The highest BCUT2D eigenvalue weighted by atomic mass is 35.5. The molecule has 3 nitrogen and oxygen atoms in total. The zero-order valence-electron chi connectivity index (χ0n) is 13.5. The molecule has 23 heavy (non-hydrogen) atoms. The molecule has 0 spiro atoms. The molecule has 1 saturated heterocycles. The maximum atomic E-state index is 13.1. The number of aromatic nitrogens is 1. The lowest BCUT2D eigenvalue weighted by molar-refractivity contribution is -0.137. The highest BCUT2D eigenvalue weighted by molar-refractivity contribution is 6.55. The Morgan fingerprint density at radius 1 is 1.39 bits per heavy atom. The maximum absolute atomic E-state index is 13.1. The van der Waals surface area contributed by atoms with Crippen LogP contribution < -0.4 is 0 Å². The van der Waals surface area contributed by atoms with E-state index in [1.165, 1.54) is 0 Å². The zero-order valence-corrected chi connectivity index (χ0v) is 15.0. The minimum atomic E-state index is -0.0803. The summed E-state index contributed by atoms with van der Waals surface area (Å²) in [6.45, 7) is 5.03. The number of nitrogens with zero attached hydrogens (tertiary/aromatic N) is 2. The first-order valence-electron chi connectivity index (χ1n) is 8.16. The van der Waals surface area contributed by atoms with Crippen molar-refractivity contribution >= 4 is 29.1 Å². The van der Waals surface area contributed by atoms with Crippen molar-refractivity contribution in [3.8, 4) is 0 Å². The van der Waals surface area contributed by atoms with E-state index >= 15 is 0 Å². The summed E-state index contributed by atoms with van der Waals surface area (Å²) in [6, 6.07) is 4.14. The molecule has 1 aliphatic heterocycles. The molecule has 0 radical (unpaired) electrons. The topological polar surface area (TPSA) is 33.2 Å². The summed E-state index contributed by atoms with van der Waals surface area (Å²) < 4.78 is 0.251. The molecule has 1 amide bonds. The van der Waals surface area contributed by atoms with Gasteiger partial charge in [0.05, 0.1) is 12.0 Å². The van der Waals surface area contributed by atoms with Crippen LogP contribution in [0.1, 0.15) is 44.7 Å². The van der Waals surface area contributed by atoms with Gasteiger partial charge in [0.2, 0.25) is 5.91 Å². The first-order valence-corrected chi connectivity index (χ1v) is 8.91. The van der Waals surface area contributed by atoms with Gasteiger partial charge in [0, 0.05) is 18.9 Å². The molecule has 0 unspecified atom stereocenters. The summed E-state index contributed by atoms with van der Waals surface area (Å²) in [5.41, 5.74) is 1.05. The number of pyridine rings is 1. The van der Waals surface area contributed by atoms with Crippen LogP contribution in [0.5, 0.6) is 0 Å². The SMILES string of the molecule is CC1(C)[C@H](C=C(Cl)Cl)[C@H]1C(=O)N1CCCC[C@@H]1c1cccnc1. The molecule has 0 aromatic carbocycles. The number of amides is 1. The van der Waals surface area contributed by atoms with Crippen molar-refractivity contribution in [2.24, 2.45) is 17.3 Å². The van der Waals surface area contributed by atoms with Crippen molar-refractivity contribution in [2.45, 2.75) is 39.2 Å². The van der Waals surface area contributed by atoms with Crippen molar-refractivity contribution in [2.75, 3.05) is 6.54 Å². The Balaban J connectivity index is 1.82. The third-order valence-electron chi connectivity index (χ3n) is 5.34. The Hall–Kier alpha value is -1.06. The van der Waals surface area contributed by atoms with Crippen LogP contribution in [0.2, 0.25) is 0 Å². The van der Waals surface area contributed by atoms with E-state index in [9.17, 15) is 4.79 Å². The van der Waals surface area contributed by atoms with E-state index in [1.807, 2.05) is 23.2 Å². The number of carbonyl (C=O) groups excluding carboxylic acids is 1. The van der Waals surface area contributed by atoms with Crippen molar-refractivity contribution in [1.82, 2.24) is 9.88 Å². The number of piperidine rings is 1. The number of likely N-dealkylation sites (tertiary alicyclic amines) is 1. The summed E-state index contributed by atoms with van der Waals surface area (Å²) in [7, 11) is 0. The highest BCUT2D eigenvalue weighted by Crippen LogP contribution is 2.61. The largest absolute Gasteiger partial charge is 0.335 e.